The van der Waals surface area contributed by atoms with Crippen LogP contribution < -0.4 is 16.4 Å². The number of carbonyl (C=O) groups is 2. The summed E-state index contributed by atoms with van der Waals surface area (Å²) in [7, 11) is 3.50. The molecular weight excluding hydrogens is 402 g/mol. The number of fused-ring (bicyclic) bond motifs is 1. The predicted octanol–water partition coefficient (Wildman–Crippen LogP) is 4.85. The largest absolute Gasteiger partial charge is 0.396 e. The van der Waals surface area contributed by atoms with Gasteiger partial charge in [0.25, 0.3) is 5.91 Å². The standard InChI is InChI=1S/C25H31N5O2/c1-15(2)27-25(32)28-18-11-8-16(9-12-18)23-22(26)20-14-17(24(31)29(3)4)10-13-21(20)30(23)19-6-5-7-19/h8-15,19H,5-7,26H2,1-4H3,(H2,27,28,32). The number of aromatic nitrogens is 1. The third kappa shape index (κ3) is 4.02. The van der Waals surface area contributed by atoms with E-state index in [1.54, 1.807) is 19.0 Å². The molecule has 0 unspecified atom stereocenters. The van der Waals surface area contributed by atoms with Crippen molar-refractivity contribution in [1.82, 2.24) is 14.8 Å². The van der Waals surface area contributed by atoms with E-state index in [4.69, 9.17) is 5.73 Å². The van der Waals surface area contributed by atoms with Crippen LogP contribution in [0.2, 0.25) is 0 Å². The average molecular weight is 434 g/mol. The van der Waals surface area contributed by atoms with E-state index in [0.717, 1.165) is 40.7 Å². The molecule has 0 bridgehead atoms. The molecule has 0 aliphatic heterocycles. The fourth-order valence-electron chi connectivity index (χ4n) is 4.19. The number of carbonyl (C=O) groups excluding carboxylic acids is 2. The lowest BCUT2D eigenvalue weighted by Crippen LogP contribution is -2.34. The van der Waals surface area contributed by atoms with E-state index in [-0.39, 0.29) is 18.0 Å². The minimum Gasteiger partial charge on any atom is -0.396 e. The summed E-state index contributed by atoms with van der Waals surface area (Å²) >= 11 is 0. The number of nitrogens with one attached hydrogen (secondary N) is 2. The van der Waals surface area contributed by atoms with Gasteiger partial charge in [-0.2, -0.15) is 0 Å². The van der Waals surface area contributed by atoms with Gasteiger partial charge in [0, 0.05) is 48.4 Å². The molecule has 32 heavy (non-hydrogen) atoms. The number of rotatable bonds is 5. The van der Waals surface area contributed by atoms with Crippen molar-refractivity contribution >= 4 is 34.2 Å². The van der Waals surface area contributed by atoms with E-state index >= 15 is 0 Å². The van der Waals surface area contributed by atoms with Crippen molar-refractivity contribution < 1.29 is 9.59 Å². The molecule has 4 N–H and O–H groups in total. The molecule has 4 rings (SSSR count). The summed E-state index contributed by atoms with van der Waals surface area (Å²) in [5.41, 5.74) is 11.7. The van der Waals surface area contributed by atoms with Crippen molar-refractivity contribution in [3.8, 4) is 11.3 Å². The van der Waals surface area contributed by atoms with Crippen LogP contribution >= 0.6 is 0 Å². The van der Waals surface area contributed by atoms with Crippen LogP contribution in [-0.2, 0) is 0 Å². The Morgan fingerprint density at radius 3 is 2.34 bits per heavy atom. The second kappa shape index (κ2) is 8.57. The van der Waals surface area contributed by atoms with E-state index < -0.39 is 0 Å². The van der Waals surface area contributed by atoms with Crippen molar-refractivity contribution in [1.29, 1.82) is 0 Å². The highest BCUT2D eigenvalue weighted by atomic mass is 16.2. The van der Waals surface area contributed by atoms with Gasteiger partial charge in [-0.1, -0.05) is 12.1 Å². The molecule has 1 fully saturated rings. The third-order valence-corrected chi connectivity index (χ3v) is 5.97. The van der Waals surface area contributed by atoms with Gasteiger partial charge in [0.05, 0.1) is 16.9 Å². The fourth-order valence-corrected chi connectivity index (χ4v) is 4.19. The number of nitrogens with two attached hydrogens (primary N) is 1. The van der Waals surface area contributed by atoms with Crippen molar-refractivity contribution in [3.05, 3.63) is 48.0 Å². The maximum Gasteiger partial charge on any atom is 0.319 e. The van der Waals surface area contributed by atoms with Crippen molar-refractivity contribution in [2.24, 2.45) is 0 Å². The second-order valence-corrected chi connectivity index (χ2v) is 8.98. The first-order chi connectivity index (χ1) is 15.3. The molecule has 7 heteroatoms. The molecule has 7 nitrogen and oxygen atoms in total. The van der Waals surface area contributed by atoms with Gasteiger partial charge in [0.1, 0.15) is 0 Å². The molecule has 1 aromatic heterocycles. The maximum atomic E-state index is 12.5. The molecule has 0 spiro atoms. The van der Waals surface area contributed by atoms with Crippen LogP contribution in [0.25, 0.3) is 22.2 Å². The van der Waals surface area contributed by atoms with Crippen LogP contribution in [0.5, 0.6) is 0 Å². The number of hydrogen-bond acceptors (Lipinski definition) is 3. The lowest BCUT2D eigenvalue weighted by atomic mass is 9.92. The topological polar surface area (TPSA) is 92.4 Å². The molecular formula is C25H31N5O2. The smallest absolute Gasteiger partial charge is 0.319 e. The van der Waals surface area contributed by atoms with Crippen LogP contribution in [0.3, 0.4) is 0 Å². The normalized spacial score (nSPS) is 13.8. The zero-order chi connectivity index (χ0) is 23.0. The Kier molecular flexibility index (Phi) is 5.82. The molecule has 3 aromatic rings. The third-order valence-electron chi connectivity index (χ3n) is 5.97. The molecule has 1 aliphatic carbocycles. The van der Waals surface area contributed by atoms with Gasteiger partial charge in [-0.3, -0.25) is 4.79 Å². The number of amides is 3. The minimum absolute atomic E-state index is 0.0423. The van der Waals surface area contributed by atoms with E-state index in [2.05, 4.69) is 15.2 Å². The minimum atomic E-state index is -0.228. The predicted molar refractivity (Wildman–Crippen MR) is 130 cm³/mol. The summed E-state index contributed by atoms with van der Waals surface area (Å²) in [4.78, 5) is 26.1. The number of nitrogens with zero attached hydrogens (tertiary/aromatic N) is 2. The van der Waals surface area contributed by atoms with Crippen molar-refractivity contribution in [3.63, 3.8) is 0 Å². The molecule has 168 valence electrons. The first-order valence-electron chi connectivity index (χ1n) is 11.1. The van der Waals surface area contributed by atoms with Gasteiger partial charge in [0.2, 0.25) is 0 Å². The Bertz CT molecular complexity index is 1160. The summed E-state index contributed by atoms with van der Waals surface area (Å²) in [5.74, 6) is -0.0423. The number of nitrogen functional groups attached to an aromatic ring is 1. The van der Waals surface area contributed by atoms with Gasteiger partial charge < -0.3 is 25.8 Å². The van der Waals surface area contributed by atoms with E-state index in [9.17, 15) is 9.59 Å². The highest BCUT2D eigenvalue weighted by Crippen LogP contribution is 2.44. The summed E-state index contributed by atoms with van der Waals surface area (Å²) < 4.78 is 2.33. The Hall–Kier alpha value is -3.48. The Morgan fingerprint density at radius 2 is 1.78 bits per heavy atom. The van der Waals surface area contributed by atoms with E-state index in [1.165, 1.54) is 6.42 Å². The Morgan fingerprint density at radius 1 is 1.09 bits per heavy atom. The molecule has 3 amide bonds. The molecule has 1 saturated carbocycles. The highest BCUT2D eigenvalue weighted by molar-refractivity contribution is 6.05. The first kappa shape index (κ1) is 21.7. The lowest BCUT2D eigenvalue weighted by Gasteiger charge is -2.30. The van der Waals surface area contributed by atoms with Crippen LogP contribution in [0.1, 0.15) is 49.5 Å². The van der Waals surface area contributed by atoms with Crippen molar-refractivity contribution in [2.75, 3.05) is 25.1 Å². The van der Waals surface area contributed by atoms with E-state index in [0.29, 0.717) is 17.3 Å². The fraction of sp³-hybridized carbons (Fsp3) is 0.360. The molecule has 1 aliphatic rings. The van der Waals surface area contributed by atoms with Gasteiger partial charge in [-0.15, -0.1) is 0 Å². The zero-order valence-electron chi connectivity index (χ0n) is 19.1. The number of anilines is 2. The zero-order valence-corrected chi connectivity index (χ0v) is 19.1. The summed E-state index contributed by atoms with van der Waals surface area (Å²) in [5, 5.41) is 6.57. The van der Waals surface area contributed by atoms with Gasteiger partial charge in [-0.05, 0) is 63.4 Å². The Labute approximate surface area is 188 Å². The van der Waals surface area contributed by atoms with Crippen LogP contribution in [0, 0.1) is 0 Å². The molecule has 2 aromatic carbocycles. The number of benzene rings is 2. The Balaban J connectivity index is 1.75. The molecule has 0 atom stereocenters. The first-order valence-corrected chi connectivity index (χ1v) is 11.1. The van der Waals surface area contributed by atoms with Gasteiger partial charge in [-0.25, -0.2) is 4.79 Å². The van der Waals surface area contributed by atoms with Gasteiger partial charge in [0.15, 0.2) is 0 Å². The number of urea groups is 1. The lowest BCUT2D eigenvalue weighted by molar-refractivity contribution is 0.0827. The monoisotopic (exact) mass is 433 g/mol. The molecule has 0 radical (unpaired) electrons. The van der Waals surface area contributed by atoms with Crippen LogP contribution in [0.15, 0.2) is 42.5 Å². The second-order valence-electron chi connectivity index (χ2n) is 8.98. The quantitative estimate of drug-likeness (QED) is 0.537. The van der Waals surface area contributed by atoms with Crippen LogP contribution in [0.4, 0.5) is 16.2 Å². The molecule has 1 heterocycles. The SMILES string of the molecule is CC(C)NC(=O)Nc1ccc(-c2c(N)c3cc(C(=O)N(C)C)ccc3n2C2CCC2)cc1. The average Bonchev–Trinajstić information content (AvgIpc) is 2.98. The van der Waals surface area contributed by atoms with Crippen LogP contribution in [-0.4, -0.2) is 41.5 Å². The number of hydrogen-bond donors (Lipinski definition) is 3. The van der Waals surface area contributed by atoms with Crippen molar-refractivity contribution in [2.45, 2.75) is 45.2 Å². The molecule has 0 saturated heterocycles. The van der Waals surface area contributed by atoms with Gasteiger partial charge >= 0.3 is 6.03 Å². The summed E-state index contributed by atoms with van der Waals surface area (Å²) in [6.07, 6.45) is 3.43. The van der Waals surface area contributed by atoms with E-state index in [1.807, 2.05) is 56.3 Å². The maximum absolute atomic E-state index is 12.5. The highest BCUT2D eigenvalue weighted by Gasteiger charge is 2.27. The summed E-state index contributed by atoms with van der Waals surface area (Å²) in [6, 6.07) is 13.8. The summed E-state index contributed by atoms with van der Waals surface area (Å²) in [6.45, 7) is 3.84.